The van der Waals surface area contributed by atoms with Gasteiger partial charge in [0.25, 0.3) is 5.91 Å². The van der Waals surface area contributed by atoms with Crippen molar-refractivity contribution in [2.24, 2.45) is 0 Å². The van der Waals surface area contributed by atoms with Gasteiger partial charge in [0, 0.05) is 6.54 Å². The summed E-state index contributed by atoms with van der Waals surface area (Å²) in [5.74, 6) is 0.885. The van der Waals surface area contributed by atoms with E-state index in [1.807, 2.05) is 6.92 Å². The predicted molar refractivity (Wildman–Crippen MR) is 39.0 cm³/mol. The van der Waals surface area contributed by atoms with Crippen molar-refractivity contribution in [1.82, 2.24) is 4.90 Å². The molecule has 0 bridgehead atoms. The molecule has 0 aromatic heterocycles. The smallest absolute Gasteiger partial charge is 0.260 e. The summed E-state index contributed by atoms with van der Waals surface area (Å²) >= 11 is 1.52. The normalized spacial score (nSPS) is 19.4. The predicted octanol–water partition coefficient (Wildman–Crippen LogP) is 1.05. The molecule has 0 radical (unpaired) electrons. The molecule has 2 nitrogen and oxygen atoms in total. The van der Waals surface area contributed by atoms with E-state index in [-0.39, 0.29) is 5.91 Å². The highest BCUT2D eigenvalue weighted by atomic mass is 32.2. The molecule has 0 unspecified atom stereocenters. The van der Waals surface area contributed by atoms with Gasteiger partial charge in [-0.1, -0.05) is 18.3 Å². The molecule has 0 atom stereocenters. The fourth-order valence-corrected chi connectivity index (χ4v) is 1.55. The average molecular weight is 143 g/mol. The number of carbonyl (C=O) groups is 1. The summed E-state index contributed by atoms with van der Waals surface area (Å²) in [7, 11) is 0. The van der Waals surface area contributed by atoms with Gasteiger partial charge in [0.1, 0.15) is 0 Å². The maximum absolute atomic E-state index is 10.9. The van der Waals surface area contributed by atoms with Crippen molar-refractivity contribution < 1.29 is 4.79 Å². The summed E-state index contributed by atoms with van der Waals surface area (Å²) in [6.07, 6.45) is 0. The van der Waals surface area contributed by atoms with Gasteiger partial charge in [0.05, 0.1) is 10.8 Å². The summed E-state index contributed by atoms with van der Waals surface area (Å²) in [4.78, 5) is 13.4. The van der Waals surface area contributed by atoms with E-state index in [2.05, 4.69) is 6.58 Å². The van der Waals surface area contributed by atoms with Gasteiger partial charge in [-0.15, -0.1) is 0 Å². The Morgan fingerprint density at radius 3 is 2.78 bits per heavy atom. The second kappa shape index (κ2) is 2.43. The number of likely N-dealkylation sites (N-methyl/N-ethyl adjacent to an activating group) is 1. The third-order valence-electron chi connectivity index (χ3n) is 1.30. The molecule has 0 spiro atoms. The van der Waals surface area contributed by atoms with E-state index in [1.54, 1.807) is 4.90 Å². The first-order valence-corrected chi connectivity index (χ1v) is 3.85. The van der Waals surface area contributed by atoms with Crippen LogP contribution >= 0.6 is 11.8 Å². The van der Waals surface area contributed by atoms with Crippen LogP contribution in [-0.4, -0.2) is 23.2 Å². The minimum Gasteiger partial charge on any atom is -0.329 e. The third-order valence-corrected chi connectivity index (χ3v) is 2.27. The highest BCUT2D eigenvalue weighted by Gasteiger charge is 2.22. The van der Waals surface area contributed by atoms with E-state index in [1.165, 1.54) is 11.8 Å². The van der Waals surface area contributed by atoms with Crippen molar-refractivity contribution in [2.75, 3.05) is 12.4 Å². The van der Waals surface area contributed by atoms with Gasteiger partial charge < -0.3 is 4.90 Å². The van der Waals surface area contributed by atoms with Crippen molar-refractivity contribution >= 4 is 17.7 Å². The number of hydrogen-bond acceptors (Lipinski definition) is 2. The molecule has 9 heavy (non-hydrogen) atoms. The maximum atomic E-state index is 10.9. The van der Waals surface area contributed by atoms with Crippen molar-refractivity contribution in [3.8, 4) is 0 Å². The maximum Gasteiger partial charge on any atom is 0.260 e. The first kappa shape index (κ1) is 6.68. The second-order valence-corrected chi connectivity index (χ2v) is 2.90. The van der Waals surface area contributed by atoms with Crippen LogP contribution in [0.1, 0.15) is 6.92 Å². The van der Waals surface area contributed by atoms with Gasteiger partial charge in [0.15, 0.2) is 0 Å². The quantitative estimate of drug-likeness (QED) is 0.511. The highest BCUT2D eigenvalue weighted by Crippen LogP contribution is 2.24. The minimum atomic E-state index is 0.0995. The molecule has 1 rings (SSSR count). The number of carbonyl (C=O) groups excluding carboxylic acids is 1. The Bertz CT molecular complexity index is 155. The molecule has 0 aliphatic carbocycles. The van der Waals surface area contributed by atoms with Gasteiger partial charge in [-0.3, -0.25) is 4.79 Å². The summed E-state index contributed by atoms with van der Waals surface area (Å²) in [6.45, 7) is 6.37. The minimum absolute atomic E-state index is 0.0995. The molecule has 1 fully saturated rings. The van der Waals surface area contributed by atoms with Crippen molar-refractivity contribution in [1.29, 1.82) is 0 Å². The van der Waals surface area contributed by atoms with E-state index >= 15 is 0 Å². The summed E-state index contributed by atoms with van der Waals surface area (Å²) < 4.78 is 0. The Labute approximate surface area is 58.9 Å². The summed E-state index contributed by atoms with van der Waals surface area (Å²) in [5, 5.41) is 0. The Morgan fingerprint density at radius 2 is 2.56 bits per heavy atom. The third kappa shape index (κ3) is 1.10. The summed E-state index contributed by atoms with van der Waals surface area (Å²) in [6, 6.07) is 0. The van der Waals surface area contributed by atoms with Crippen molar-refractivity contribution in [3.63, 3.8) is 0 Å². The SMILES string of the molecule is C=C1SCN(CC)C1=O. The van der Waals surface area contributed by atoms with E-state index in [4.69, 9.17) is 0 Å². The Kier molecular flexibility index (Phi) is 1.81. The molecule has 1 aliphatic heterocycles. The van der Waals surface area contributed by atoms with Gasteiger partial charge in [-0.2, -0.15) is 0 Å². The zero-order valence-corrected chi connectivity index (χ0v) is 6.20. The summed E-state index contributed by atoms with van der Waals surface area (Å²) in [5.41, 5.74) is 0. The van der Waals surface area contributed by atoms with Gasteiger partial charge in [-0.05, 0) is 6.92 Å². The van der Waals surface area contributed by atoms with E-state index < -0.39 is 0 Å². The molecule has 0 saturated carbocycles. The Balaban J connectivity index is 2.62. The Morgan fingerprint density at radius 1 is 1.89 bits per heavy atom. The van der Waals surface area contributed by atoms with Crippen LogP contribution in [0.5, 0.6) is 0 Å². The number of hydrogen-bond donors (Lipinski definition) is 0. The Hall–Kier alpha value is -0.440. The second-order valence-electron chi connectivity index (χ2n) is 1.86. The first-order valence-electron chi connectivity index (χ1n) is 2.86. The number of nitrogens with zero attached hydrogens (tertiary/aromatic N) is 1. The zero-order valence-electron chi connectivity index (χ0n) is 5.39. The van der Waals surface area contributed by atoms with Crippen molar-refractivity contribution in [3.05, 3.63) is 11.5 Å². The molecule has 0 aromatic carbocycles. The fourth-order valence-electron chi connectivity index (χ4n) is 0.687. The van der Waals surface area contributed by atoms with Gasteiger partial charge in [0.2, 0.25) is 0 Å². The molecule has 3 heteroatoms. The lowest BCUT2D eigenvalue weighted by atomic mass is 10.5. The van der Waals surface area contributed by atoms with Crippen LogP contribution in [0.2, 0.25) is 0 Å². The number of amides is 1. The van der Waals surface area contributed by atoms with Crippen LogP contribution in [-0.2, 0) is 4.79 Å². The van der Waals surface area contributed by atoms with Gasteiger partial charge >= 0.3 is 0 Å². The largest absolute Gasteiger partial charge is 0.329 e. The number of rotatable bonds is 1. The monoisotopic (exact) mass is 143 g/mol. The average Bonchev–Trinajstić information content (AvgIpc) is 2.15. The van der Waals surface area contributed by atoms with Crippen LogP contribution < -0.4 is 0 Å². The molecule has 1 saturated heterocycles. The molecule has 50 valence electrons. The standard InChI is InChI=1S/C6H9NOS/c1-3-7-4-9-5(2)6(7)8/h2-4H2,1H3. The van der Waals surface area contributed by atoms with Crippen LogP contribution in [0.25, 0.3) is 0 Å². The molecular weight excluding hydrogens is 134 g/mol. The number of thioether (sulfide) groups is 1. The fraction of sp³-hybridized carbons (Fsp3) is 0.500. The van der Waals surface area contributed by atoms with Gasteiger partial charge in [-0.25, -0.2) is 0 Å². The lowest BCUT2D eigenvalue weighted by molar-refractivity contribution is -0.124. The molecule has 0 N–H and O–H groups in total. The first-order chi connectivity index (χ1) is 4.25. The van der Waals surface area contributed by atoms with Crippen LogP contribution in [0.3, 0.4) is 0 Å². The van der Waals surface area contributed by atoms with E-state index in [0.29, 0.717) is 4.91 Å². The lowest BCUT2D eigenvalue weighted by Crippen LogP contribution is -2.23. The molecule has 1 heterocycles. The van der Waals surface area contributed by atoms with Crippen LogP contribution in [0.4, 0.5) is 0 Å². The van der Waals surface area contributed by atoms with E-state index in [9.17, 15) is 4.79 Å². The highest BCUT2D eigenvalue weighted by molar-refractivity contribution is 8.04. The molecular formula is C6H9NOS. The molecule has 1 amide bonds. The van der Waals surface area contributed by atoms with Crippen LogP contribution in [0, 0.1) is 0 Å². The molecule has 1 aliphatic rings. The van der Waals surface area contributed by atoms with Crippen molar-refractivity contribution in [2.45, 2.75) is 6.92 Å². The lowest BCUT2D eigenvalue weighted by Gasteiger charge is -2.08. The zero-order chi connectivity index (χ0) is 6.85. The topological polar surface area (TPSA) is 20.3 Å². The van der Waals surface area contributed by atoms with Crippen LogP contribution in [0.15, 0.2) is 11.5 Å². The molecule has 0 aromatic rings. The van der Waals surface area contributed by atoms with E-state index in [0.717, 1.165) is 12.4 Å².